The van der Waals surface area contributed by atoms with Crippen LogP contribution in [0.1, 0.15) is 36.5 Å². The summed E-state index contributed by atoms with van der Waals surface area (Å²) in [5, 5.41) is 3.44. The maximum Gasteiger partial charge on any atom is 0.253 e. The molecule has 0 radical (unpaired) electrons. The number of hydrogen-bond acceptors (Lipinski definition) is 4. The maximum atomic E-state index is 12.7. The van der Waals surface area contributed by atoms with Gasteiger partial charge < -0.3 is 10.2 Å². The van der Waals surface area contributed by atoms with Crippen molar-refractivity contribution < 1.29 is 13.2 Å². The third-order valence-corrected chi connectivity index (χ3v) is 6.68. The number of nitrogens with one attached hydrogen (secondary N) is 2. The second kappa shape index (κ2) is 9.06. The lowest BCUT2D eigenvalue weighted by atomic mass is 9.92. The van der Waals surface area contributed by atoms with Crippen LogP contribution in [0.4, 0.5) is 5.69 Å². The molecule has 0 aromatic heterocycles. The summed E-state index contributed by atoms with van der Waals surface area (Å²) >= 11 is 0. The highest BCUT2D eigenvalue weighted by atomic mass is 35.5. The predicted octanol–water partition coefficient (Wildman–Crippen LogP) is 2.33. The van der Waals surface area contributed by atoms with Crippen molar-refractivity contribution >= 4 is 34.0 Å². The Labute approximate surface area is 162 Å². The van der Waals surface area contributed by atoms with Crippen LogP contribution in [0.5, 0.6) is 0 Å². The highest BCUT2D eigenvalue weighted by Gasteiger charge is 2.31. The number of carbonyl (C=O) groups excluding carboxylic acids is 1. The van der Waals surface area contributed by atoms with Crippen molar-refractivity contribution in [1.82, 2.24) is 10.2 Å². The van der Waals surface area contributed by atoms with Gasteiger partial charge in [-0.15, -0.1) is 12.4 Å². The predicted molar refractivity (Wildman–Crippen MR) is 106 cm³/mol. The van der Waals surface area contributed by atoms with Gasteiger partial charge in [0, 0.05) is 24.3 Å². The lowest BCUT2D eigenvalue weighted by Gasteiger charge is -2.21. The number of sulfonamides is 1. The number of fused-ring (bicyclic) bond motifs is 1. The Morgan fingerprint density at radius 3 is 2.27 bits per heavy atom. The normalized spacial score (nSPS) is 22.9. The molecule has 1 amide bonds. The second-order valence-electron chi connectivity index (χ2n) is 7.05. The summed E-state index contributed by atoms with van der Waals surface area (Å²) in [7, 11) is -3.30. The number of likely N-dealkylation sites (tertiary alicyclic amines) is 1. The van der Waals surface area contributed by atoms with E-state index in [-0.39, 0.29) is 24.1 Å². The van der Waals surface area contributed by atoms with E-state index in [1.54, 1.807) is 24.3 Å². The van der Waals surface area contributed by atoms with Crippen molar-refractivity contribution in [2.45, 2.75) is 26.2 Å². The van der Waals surface area contributed by atoms with Crippen LogP contribution in [0.2, 0.25) is 0 Å². The third-order valence-electron chi connectivity index (χ3n) is 5.18. The molecule has 2 fully saturated rings. The van der Waals surface area contributed by atoms with Gasteiger partial charge in [-0.2, -0.15) is 0 Å². The van der Waals surface area contributed by atoms with Gasteiger partial charge in [0.05, 0.1) is 5.75 Å². The first-order valence-electron chi connectivity index (χ1n) is 9.09. The quantitative estimate of drug-likeness (QED) is 0.793. The topological polar surface area (TPSA) is 78.5 Å². The minimum atomic E-state index is -3.30. The van der Waals surface area contributed by atoms with E-state index in [2.05, 4.69) is 10.0 Å². The fourth-order valence-electron chi connectivity index (χ4n) is 3.78. The molecule has 1 aromatic carbocycles. The molecule has 0 spiro atoms. The van der Waals surface area contributed by atoms with Crippen LogP contribution in [-0.4, -0.2) is 51.2 Å². The molecule has 6 nitrogen and oxygen atoms in total. The summed E-state index contributed by atoms with van der Waals surface area (Å²) in [5.41, 5.74) is 1.12. The highest BCUT2D eigenvalue weighted by molar-refractivity contribution is 7.92. The molecule has 2 aliphatic heterocycles. The molecule has 0 bridgehead atoms. The molecular formula is C18H28ClN3O3S. The monoisotopic (exact) mass is 401 g/mol. The number of hydrogen-bond donors (Lipinski definition) is 2. The molecule has 2 heterocycles. The van der Waals surface area contributed by atoms with Gasteiger partial charge in [-0.3, -0.25) is 9.52 Å². The van der Waals surface area contributed by atoms with Gasteiger partial charge in [0.1, 0.15) is 0 Å². The standard InChI is InChI=1S/C18H27N3O3S.ClH/c1-2-11-25(23,24)20-17-5-3-14(4-6-17)18(22)21-9-7-15-12-19-13-16(15)8-10-21;/h3-6,15-16,19-20H,2,7-13H2,1H3;1H/t15-,16+;. The summed E-state index contributed by atoms with van der Waals surface area (Å²) in [6.45, 7) is 5.56. The van der Waals surface area contributed by atoms with Crippen molar-refractivity contribution in [3.05, 3.63) is 29.8 Å². The molecule has 2 saturated heterocycles. The van der Waals surface area contributed by atoms with Crippen LogP contribution >= 0.6 is 12.4 Å². The molecule has 0 saturated carbocycles. The first kappa shape index (κ1) is 21.0. The van der Waals surface area contributed by atoms with Crippen molar-refractivity contribution in [1.29, 1.82) is 0 Å². The molecule has 2 atom stereocenters. The van der Waals surface area contributed by atoms with Crippen LogP contribution in [0.3, 0.4) is 0 Å². The van der Waals surface area contributed by atoms with Gasteiger partial charge in [-0.05, 0) is 68.5 Å². The molecule has 0 aliphatic carbocycles. The molecule has 26 heavy (non-hydrogen) atoms. The maximum absolute atomic E-state index is 12.7. The van der Waals surface area contributed by atoms with E-state index in [1.807, 2.05) is 11.8 Å². The van der Waals surface area contributed by atoms with E-state index < -0.39 is 10.0 Å². The Hall–Kier alpha value is -1.31. The lowest BCUT2D eigenvalue weighted by Crippen LogP contribution is -2.32. The molecular weight excluding hydrogens is 374 g/mol. The average molecular weight is 402 g/mol. The zero-order valence-corrected chi connectivity index (χ0v) is 16.7. The minimum Gasteiger partial charge on any atom is -0.339 e. The van der Waals surface area contributed by atoms with Crippen LogP contribution < -0.4 is 10.0 Å². The van der Waals surface area contributed by atoms with Gasteiger partial charge in [0.2, 0.25) is 10.0 Å². The lowest BCUT2D eigenvalue weighted by molar-refractivity contribution is 0.0758. The van der Waals surface area contributed by atoms with Crippen LogP contribution in [0, 0.1) is 11.8 Å². The SMILES string of the molecule is CCCS(=O)(=O)Nc1ccc(C(=O)N2CC[C@@H]3CNC[C@@H]3CC2)cc1.Cl. The zero-order chi connectivity index (χ0) is 17.9. The summed E-state index contributed by atoms with van der Waals surface area (Å²) < 4.78 is 26.2. The highest BCUT2D eigenvalue weighted by Crippen LogP contribution is 2.27. The van der Waals surface area contributed by atoms with Gasteiger partial charge in [0.25, 0.3) is 5.91 Å². The Morgan fingerprint density at radius 2 is 1.73 bits per heavy atom. The molecule has 2 aliphatic rings. The molecule has 8 heteroatoms. The average Bonchev–Trinajstić information content (AvgIpc) is 2.93. The van der Waals surface area contributed by atoms with Crippen molar-refractivity contribution in [3.8, 4) is 0 Å². The van der Waals surface area contributed by atoms with E-state index >= 15 is 0 Å². The number of halogens is 1. The van der Waals surface area contributed by atoms with Crippen LogP contribution in [0.15, 0.2) is 24.3 Å². The van der Waals surface area contributed by atoms with Crippen molar-refractivity contribution in [2.75, 3.05) is 36.7 Å². The first-order chi connectivity index (χ1) is 12.0. The van der Waals surface area contributed by atoms with E-state index in [4.69, 9.17) is 0 Å². The van der Waals surface area contributed by atoms with E-state index in [1.165, 1.54) is 0 Å². The molecule has 146 valence electrons. The Morgan fingerprint density at radius 1 is 1.15 bits per heavy atom. The summed E-state index contributed by atoms with van der Waals surface area (Å²) in [5.74, 6) is 1.51. The van der Waals surface area contributed by atoms with Gasteiger partial charge in [0.15, 0.2) is 0 Å². The van der Waals surface area contributed by atoms with Crippen molar-refractivity contribution in [2.24, 2.45) is 11.8 Å². The number of amides is 1. The Bertz CT molecular complexity index is 695. The van der Waals surface area contributed by atoms with Crippen molar-refractivity contribution in [3.63, 3.8) is 0 Å². The Kier molecular flexibility index (Phi) is 7.32. The van der Waals surface area contributed by atoms with Crippen LogP contribution in [0.25, 0.3) is 0 Å². The number of anilines is 1. The smallest absolute Gasteiger partial charge is 0.253 e. The summed E-state index contributed by atoms with van der Waals surface area (Å²) in [6.07, 6.45) is 2.68. The van der Waals surface area contributed by atoms with E-state index in [9.17, 15) is 13.2 Å². The largest absolute Gasteiger partial charge is 0.339 e. The molecule has 1 aromatic rings. The van der Waals surface area contributed by atoms with E-state index in [0.717, 1.165) is 39.0 Å². The van der Waals surface area contributed by atoms with Gasteiger partial charge >= 0.3 is 0 Å². The van der Waals surface area contributed by atoms with E-state index in [0.29, 0.717) is 29.5 Å². The van der Waals surface area contributed by atoms with Crippen LogP contribution in [-0.2, 0) is 10.0 Å². The molecule has 3 rings (SSSR count). The number of nitrogens with zero attached hydrogens (tertiary/aromatic N) is 1. The minimum absolute atomic E-state index is 0. The Balaban J connectivity index is 0.00000243. The first-order valence-corrected chi connectivity index (χ1v) is 10.7. The van der Waals surface area contributed by atoms with Gasteiger partial charge in [-0.25, -0.2) is 8.42 Å². The number of carbonyl (C=O) groups is 1. The van der Waals surface area contributed by atoms with Gasteiger partial charge in [-0.1, -0.05) is 6.92 Å². The summed E-state index contributed by atoms with van der Waals surface area (Å²) in [4.78, 5) is 14.7. The fraction of sp³-hybridized carbons (Fsp3) is 0.611. The molecule has 2 N–H and O–H groups in total. The zero-order valence-electron chi connectivity index (χ0n) is 15.1. The number of rotatable bonds is 5. The summed E-state index contributed by atoms with van der Waals surface area (Å²) in [6, 6.07) is 6.74. The second-order valence-corrected chi connectivity index (χ2v) is 8.89. The molecule has 0 unspecified atom stereocenters. The third kappa shape index (κ3) is 5.11. The number of benzene rings is 1. The fourth-order valence-corrected chi connectivity index (χ4v) is 4.92.